The Labute approximate surface area is 181 Å². The summed E-state index contributed by atoms with van der Waals surface area (Å²) in [6.45, 7) is 8.43. The van der Waals surface area contributed by atoms with Crippen LogP contribution in [0.25, 0.3) is 10.4 Å². The smallest absolute Gasteiger partial charge is 0.237 e. The van der Waals surface area contributed by atoms with Crippen molar-refractivity contribution in [2.45, 2.75) is 65.1 Å². The van der Waals surface area contributed by atoms with Gasteiger partial charge in [-0.2, -0.15) is 0 Å². The van der Waals surface area contributed by atoms with Crippen molar-refractivity contribution >= 4 is 17.2 Å². The predicted molar refractivity (Wildman–Crippen MR) is 119 cm³/mol. The van der Waals surface area contributed by atoms with Gasteiger partial charge in [0.1, 0.15) is 6.23 Å². The van der Waals surface area contributed by atoms with Crippen molar-refractivity contribution in [3.05, 3.63) is 41.0 Å². The molecular weight excluding hydrogens is 400 g/mol. The molecule has 5 N–H and O–H groups in total. The first-order valence-corrected chi connectivity index (χ1v) is 11.1. The first kappa shape index (κ1) is 22.8. The molecule has 164 valence electrons. The Bertz CT molecular complexity index is 862. The highest BCUT2D eigenvalue weighted by Crippen LogP contribution is 2.28. The van der Waals surface area contributed by atoms with Gasteiger partial charge in [-0.05, 0) is 29.9 Å². The van der Waals surface area contributed by atoms with E-state index in [0.29, 0.717) is 6.54 Å². The van der Waals surface area contributed by atoms with Gasteiger partial charge in [-0.1, -0.05) is 45.0 Å². The van der Waals surface area contributed by atoms with E-state index in [1.807, 2.05) is 57.5 Å². The molecular formula is C22H32N4O3S. The highest BCUT2D eigenvalue weighted by Gasteiger charge is 2.43. The van der Waals surface area contributed by atoms with Crippen LogP contribution in [0.5, 0.6) is 0 Å². The number of nitrogens with one attached hydrogen (secondary N) is 1. The lowest BCUT2D eigenvalue weighted by Crippen LogP contribution is -2.57. The molecule has 1 aromatic heterocycles. The second-order valence-corrected chi connectivity index (χ2v) is 9.94. The van der Waals surface area contributed by atoms with E-state index in [1.54, 1.807) is 16.2 Å². The van der Waals surface area contributed by atoms with E-state index in [0.717, 1.165) is 21.7 Å². The number of β-amino-alcohol motifs (C(OH)–C–C–N with tert-alkyl or cyclic N) is 1. The molecule has 1 amide bonds. The van der Waals surface area contributed by atoms with Gasteiger partial charge in [-0.25, -0.2) is 4.98 Å². The molecule has 1 aromatic carbocycles. The number of hydrogen-bond donors (Lipinski definition) is 4. The van der Waals surface area contributed by atoms with Crippen LogP contribution in [0.2, 0.25) is 0 Å². The van der Waals surface area contributed by atoms with Crippen molar-refractivity contribution in [3.63, 3.8) is 0 Å². The molecule has 0 spiro atoms. The monoisotopic (exact) mass is 432 g/mol. The van der Waals surface area contributed by atoms with Crippen molar-refractivity contribution in [1.29, 1.82) is 0 Å². The minimum absolute atomic E-state index is 0.214. The van der Waals surface area contributed by atoms with Crippen molar-refractivity contribution in [2.75, 3.05) is 6.54 Å². The van der Waals surface area contributed by atoms with Crippen LogP contribution in [0.4, 0.5) is 0 Å². The number of thiazole rings is 1. The number of aryl methyl sites for hydroxylation is 1. The number of hydrogen-bond acceptors (Lipinski definition) is 7. The SMILES string of the molecule is Cc1ncsc1-c1ccc(CNC(=O)C2C[C@@H](O)CN2C(O)[C@@H](N)C(C)(C)C)cc1. The Morgan fingerprint density at radius 3 is 2.60 bits per heavy atom. The summed E-state index contributed by atoms with van der Waals surface area (Å²) in [5, 5.41) is 23.8. The third-order valence-electron chi connectivity index (χ3n) is 5.71. The summed E-state index contributed by atoms with van der Waals surface area (Å²) in [6, 6.07) is 6.88. The minimum Gasteiger partial charge on any atom is -0.392 e. The van der Waals surface area contributed by atoms with Crippen LogP contribution in [-0.4, -0.2) is 57.0 Å². The lowest BCUT2D eigenvalue weighted by Gasteiger charge is -2.38. The molecule has 0 radical (unpaired) electrons. The second-order valence-electron chi connectivity index (χ2n) is 9.09. The van der Waals surface area contributed by atoms with E-state index in [-0.39, 0.29) is 24.3 Å². The fourth-order valence-electron chi connectivity index (χ4n) is 3.70. The summed E-state index contributed by atoms with van der Waals surface area (Å²) in [6.07, 6.45) is -1.38. The van der Waals surface area contributed by atoms with E-state index >= 15 is 0 Å². The van der Waals surface area contributed by atoms with Gasteiger partial charge in [0.15, 0.2) is 0 Å². The van der Waals surface area contributed by atoms with Crippen LogP contribution in [0.3, 0.4) is 0 Å². The first-order chi connectivity index (χ1) is 14.1. The van der Waals surface area contributed by atoms with Crippen LogP contribution in [-0.2, 0) is 11.3 Å². The number of aliphatic hydroxyl groups excluding tert-OH is 2. The van der Waals surface area contributed by atoms with Gasteiger partial charge < -0.3 is 21.3 Å². The number of carbonyl (C=O) groups is 1. The molecule has 8 heteroatoms. The first-order valence-electron chi connectivity index (χ1n) is 10.2. The third kappa shape index (κ3) is 5.07. The zero-order valence-electron chi connectivity index (χ0n) is 18.0. The van der Waals surface area contributed by atoms with Crippen LogP contribution >= 0.6 is 11.3 Å². The molecule has 4 atom stereocenters. The summed E-state index contributed by atoms with van der Waals surface area (Å²) in [5.74, 6) is -0.214. The molecule has 1 aliphatic rings. The fourth-order valence-corrected chi connectivity index (χ4v) is 4.51. The van der Waals surface area contributed by atoms with Crippen LogP contribution in [0.15, 0.2) is 29.8 Å². The van der Waals surface area contributed by atoms with E-state index in [4.69, 9.17) is 5.73 Å². The molecule has 1 aliphatic heterocycles. The molecule has 2 unspecified atom stereocenters. The standard InChI is InChI=1S/C22H32N4O3S/c1-13-18(30-12-25-13)15-7-5-14(6-8-15)10-24-20(28)17-9-16(27)11-26(17)21(29)19(23)22(2,3)4/h5-8,12,16-17,19,21,27,29H,9-11,23H2,1-4H3,(H,24,28)/t16-,17?,19-,21?/m1/s1. The molecule has 3 rings (SSSR count). The molecule has 7 nitrogen and oxygen atoms in total. The number of nitrogens with two attached hydrogens (primary N) is 1. The fraction of sp³-hybridized carbons (Fsp3) is 0.545. The van der Waals surface area contributed by atoms with E-state index in [1.165, 1.54) is 0 Å². The number of benzene rings is 1. The highest BCUT2D eigenvalue weighted by molar-refractivity contribution is 7.13. The van der Waals surface area contributed by atoms with Gasteiger partial charge >= 0.3 is 0 Å². The molecule has 30 heavy (non-hydrogen) atoms. The van der Waals surface area contributed by atoms with Crippen molar-refractivity contribution in [2.24, 2.45) is 11.1 Å². The largest absolute Gasteiger partial charge is 0.392 e. The number of amides is 1. The average Bonchev–Trinajstić information content (AvgIpc) is 3.30. The highest BCUT2D eigenvalue weighted by atomic mass is 32.1. The summed E-state index contributed by atoms with van der Waals surface area (Å²) in [7, 11) is 0. The Hall–Kier alpha value is -1.84. The zero-order chi connectivity index (χ0) is 22.1. The molecule has 1 fully saturated rings. The molecule has 0 saturated carbocycles. The topological polar surface area (TPSA) is 112 Å². The van der Waals surface area contributed by atoms with E-state index in [9.17, 15) is 15.0 Å². The normalized spacial score (nSPS) is 22.1. The lowest BCUT2D eigenvalue weighted by molar-refractivity contribution is -0.131. The number of nitrogens with zero attached hydrogens (tertiary/aromatic N) is 2. The van der Waals surface area contributed by atoms with Crippen molar-refractivity contribution in [3.8, 4) is 10.4 Å². The maximum absolute atomic E-state index is 12.8. The Morgan fingerprint density at radius 2 is 2.03 bits per heavy atom. The number of aromatic nitrogens is 1. The quantitative estimate of drug-likeness (QED) is 0.554. The molecule has 0 aliphatic carbocycles. The van der Waals surface area contributed by atoms with Gasteiger partial charge in [0, 0.05) is 19.1 Å². The Balaban J connectivity index is 1.62. The number of likely N-dealkylation sites (tertiary alicyclic amines) is 1. The Morgan fingerprint density at radius 1 is 1.37 bits per heavy atom. The maximum atomic E-state index is 12.8. The van der Waals surface area contributed by atoms with Gasteiger partial charge in [-0.3, -0.25) is 9.69 Å². The number of rotatable bonds is 6. The summed E-state index contributed by atoms with van der Waals surface area (Å²) in [5.41, 5.74) is 10.8. The molecule has 2 aromatic rings. The average molecular weight is 433 g/mol. The maximum Gasteiger partial charge on any atom is 0.237 e. The second kappa shape index (κ2) is 9.11. The molecule has 1 saturated heterocycles. The van der Waals surface area contributed by atoms with E-state index in [2.05, 4.69) is 10.3 Å². The van der Waals surface area contributed by atoms with Gasteiger partial charge in [0.05, 0.1) is 28.2 Å². The molecule has 2 heterocycles. The lowest BCUT2D eigenvalue weighted by atomic mass is 9.86. The minimum atomic E-state index is -1.00. The van der Waals surface area contributed by atoms with Crippen molar-refractivity contribution < 1.29 is 15.0 Å². The van der Waals surface area contributed by atoms with Gasteiger partial charge in [0.25, 0.3) is 0 Å². The van der Waals surface area contributed by atoms with Crippen LogP contribution in [0.1, 0.15) is 38.4 Å². The van der Waals surface area contributed by atoms with Crippen LogP contribution in [0, 0.1) is 12.3 Å². The Kier molecular flexibility index (Phi) is 6.94. The predicted octanol–water partition coefficient (Wildman–Crippen LogP) is 1.86. The number of carbonyl (C=O) groups excluding carboxylic acids is 1. The summed E-state index contributed by atoms with van der Waals surface area (Å²) in [4.78, 5) is 19.9. The number of aliphatic hydroxyl groups is 2. The summed E-state index contributed by atoms with van der Waals surface area (Å²) >= 11 is 1.61. The van der Waals surface area contributed by atoms with Gasteiger partial charge in [-0.15, -0.1) is 11.3 Å². The zero-order valence-corrected chi connectivity index (χ0v) is 18.8. The van der Waals surface area contributed by atoms with Crippen molar-refractivity contribution in [1.82, 2.24) is 15.2 Å². The van der Waals surface area contributed by atoms with E-state index < -0.39 is 24.4 Å². The summed E-state index contributed by atoms with van der Waals surface area (Å²) < 4.78 is 0. The van der Waals surface area contributed by atoms with Crippen LogP contribution < -0.4 is 11.1 Å². The molecule has 0 bridgehead atoms. The van der Waals surface area contributed by atoms with Gasteiger partial charge in [0.2, 0.25) is 5.91 Å². The third-order valence-corrected chi connectivity index (χ3v) is 6.69.